The van der Waals surface area contributed by atoms with Crippen molar-refractivity contribution in [2.24, 2.45) is 5.92 Å². The summed E-state index contributed by atoms with van der Waals surface area (Å²) >= 11 is 0. The zero-order chi connectivity index (χ0) is 22.7. The van der Waals surface area contributed by atoms with Crippen LogP contribution >= 0.6 is 0 Å². The average Bonchev–Trinajstić information content (AvgIpc) is 2.64. The number of unbranched alkanes of at least 4 members (excludes halogenated alkanes) is 1. The van der Waals surface area contributed by atoms with Crippen LogP contribution < -0.4 is 10.6 Å². The molecule has 0 bridgehead atoms. The Morgan fingerprint density at radius 2 is 1.83 bits per heavy atom. The van der Waals surface area contributed by atoms with E-state index in [1.165, 1.54) is 0 Å². The fourth-order valence-electron chi connectivity index (χ4n) is 3.01. The van der Waals surface area contributed by atoms with Crippen LogP contribution in [0.15, 0.2) is 18.2 Å². The van der Waals surface area contributed by atoms with E-state index in [2.05, 4.69) is 29.2 Å². The van der Waals surface area contributed by atoms with Gasteiger partial charge in [-0.1, -0.05) is 27.2 Å². The normalized spacial score (nSPS) is 13.8. The minimum absolute atomic E-state index is 0.0524. The van der Waals surface area contributed by atoms with E-state index in [9.17, 15) is 22.0 Å². The van der Waals surface area contributed by atoms with Crippen molar-refractivity contribution in [3.05, 3.63) is 41.8 Å². The smallest absolute Gasteiger partial charge is 0.407 e. The van der Waals surface area contributed by atoms with E-state index >= 15 is 0 Å². The third-order valence-corrected chi connectivity index (χ3v) is 6.79. The third-order valence-electron chi connectivity index (χ3n) is 4.59. The molecule has 0 aliphatic carbocycles. The quantitative estimate of drug-likeness (QED) is 0.450. The Bertz CT molecular complexity index is 752. The largest absolute Gasteiger partial charge is 0.453 e. The number of benzene rings is 1. The molecule has 1 rings (SSSR count). The van der Waals surface area contributed by atoms with Gasteiger partial charge in [-0.15, -0.1) is 0 Å². The number of sulfone groups is 1. The number of amides is 1. The van der Waals surface area contributed by atoms with Gasteiger partial charge in [0.15, 0.2) is 9.84 Å². The molecule has 1 amide bonds. The number of nitrogens with one attached hydrogen (secondary N) is 2. The molecule has 1 radical (unpaired) electrons. The number of alkyl carbamates (subject to hydrolysis) is 1. The minimum Gasteiger partial charge on any atom is -0.453 e. The van der Waals surface area contributed by atoms with Gasteiger partial charge >= 0.3 is 6.09 Å². The lowest BCUT2D eigenvalue weighted by molar-refractivity contribution is 0.167. The maximum absolute atomic E-state index is 13.9. The molecule has 9 heteroatoms. The predicted molar refractivity (Wildman–Crippen MR) is 114 cm³/mol. The summed E-state index contributed by atoms with van der Waals surface area (Å²) in [6.07, 6.45) is 2.73. The van der Waals surface area contributed by atoms with Crippen molar-refractivity contribution < 1.29 is 26.7 Å². The van der Waals surface area contributed by atoms with Crippen molar-refractivity contribution in [1.29, 1.82) is 0 Å². The van der Waals surface area contributed by atoms with Gasteiger partial charge in [0.1, 0.15) is 16.9 Å². The van der Waals surface area contributed by atoms with Gasteiger partial charge in [-0.3, -0.25) is 0 Å². The van der Waals surface area contributed by atoms with Crippen LogP contribution in [0.2, 0.25) is 0 Å². The highest BCUT2D eigenvalue weighted by Gasteiger charge is 2.36. The van der Waals surface area contributed by atoms with E-state index in [1.54, 1.807) is 6.42 Å². The Morgan fingerprint density at radius 1 is 1.20 bits per heavy atom. The summed E-state index contributed by atoms with van der Waals surface area (Å²) in [4.78, 5) is 11.9. The van der Waals surface area contributed by atoms with E-state index in [-0.39, 0.29) is 11.3 Å². The fraction of sp³-hybridized carbons (Fsp3) is 0.619. The summed E-state index contributed by atoms with van der Waals surface area (Å²) in [6.45, 7) is 7.03. The van der Waals surface area contributed by atoms with Crippen LogP contribution in [0.4, 0.5) is 13.6 Å². The lowest BCUT2D eigenvalue weighted by Crippen LogP contribution is -2.44. The number of methoxy groups -OCH3 is 1. The maximum Gasteiger partial charge on any atom is 0.407 e. The first kappa shape index (κ1) is 26.3. The van der Waals surface area contributed by atoms with Gasteiger partial charge in [-0.2, -0.15) is 0 Å². The number of rotatable bonds is 13. The van der Waals surface area contributed by atoms with Crippen molar-refractivity contribution in [2.45, 2.75) is 51.3 Å². The van der Waals surface area contributed by atoms with E-state index in [4.69, 9.17) is 0 Å². The summed E-state index contributed by atoms with van der Waals surface area (Å²) in [5.74, 6) is -1.43. The Labute approximate surface area is 178 Å². The molecule has 1 aromatic carbocycles. The van der Waals surface area contributed by atoms with E-state index in [0.717, 1.165) is 25.7 Å². The Kier molecular flexibility index (Phi) is 11.3. The zero-order valence-corrected chi connectivity index (χ0v) is 18.9. The van der Waals surface area contributed by atoms with Gasteiger partial charge in [-0.25, -0.2) is 22.0 Å². The molecule has 6 nitrogen and oxygen atoms in total. The summed E-state index contributed by atoms with van der Waals surface area (Å²) < 4.78 is 58.6. The van der Waals surface area contributed by atoms with Crippen LogP contribution in [-0.2, 0) is 14.6 Å². The van der Waals surface area contributed by atoms with Crippen LogP contribution in [0.1, 0.15) is 50.8 Å². The number of halogens is 2. The fourth-order valence-corrected chi connectivity index (χ4v) is 5.13. The summed E-state index contributed by atoms with van der Waals surface area (Å²) in [5.41, 5.74) is -0.0524. The molecule has 0 saturated heterocycles. The second-order valence-corrected chi connectivity index (χ2v) is 9.87. The summed E-state index contributed by atoms with van der Waals surface area (Å²) in [5, 5.41) is 4.33. The number of carbonyl (C=O) groups is 1. The van der Waals surface area contributed by atoms with Gasteiger partial charge in [0, 0.05) is 12.6 Å². The van der Waals surface area contributed by atoms with Crippen LogP contribution in [0, 0.1) is 24.0 Å². The van der Waals surface area contributed by atoms with Gasteiger partial charge in [0.25, 0.3) is 0 Å². The number of ether oxygens (including phenoxy) is 1. The predicted octanol–water partition coefficient (Wildman–Crippen LogP) is 3.79. The molecule has 0 saturated carbocycles. The van der Waals surface area contributed by atoms with E-state index < -0.39 is 38.9 Å². The number of hydrogen-bond donors (Lipinski definition) is 2. The summed E-state index contributed by atoms with van der Waals surface area (Å²) in [6, 6.07) is 1.62. The SMILES string of the molecule is CCCCS(=O)(=O)C(c1cc(F)cc(F)c1)[C@H]([CH]CNCCC(C)C)NC(=O)OC. The van der Waals surface area contributed by atoms with Crippen LogP contribution in [0.5, 0.6) is 0 Å². The van der Waals surface area contributed by atoms with E-state index in [1.807, 2.05) is 6.92 Å². The maximum atomic E-state index is 13.9. The molecule has 171 valence electrons. The zero-order valence-electron chi connectivity index (χ0n) is 18.1. The number of carbonyl (C=O) groups excluding carboxylic acids is 1. The molecule has 0 aromatic heterocycles. The lowest BCUT2D eigenvalue weighted by Gasteiger charge is -2.28. The standard InChI is InChI=1S/C21H33F2N2O4S/c1-5-6-11-30(27,28)20(16-12-17(22)14-18(23)13-16)19(25-21(26)29-4)8-10-24-9-7-15(2)3/h8,12-15,19-20,24H,5-7,9-11H2,1-4H3,(H,25,26)/t19-,20?/m0/s1. The van der Waals surface area contributed by atoms with Gasteiger partial charge < -0.3 is 15.4 Å². The molecular formula is C21H33F2N2O4S. The molecule has 1 aromatic rings. The van der Waals surface area contributed by atoms with Gasteiger partial charge in [0.2, 0.25) is 0 Å². The number of hydrogen-bond acceptors (Lipinski definition) is 5. The first-order chi connectivity index (χ1) is 14.1. The summed E-state index contributed by atoms with van der Waals surface area (Å²) in [7, 11) is -2.68. The Balaban J connectivity index is 3.23. The monoisotopic (exact) mass is 447 g/mol. The molecule has 30 heavy (non-hydrogen) atoms. The Hall–Kier alpha value is -1.74. The molecule has 0 spiro atoms. The first-order valence-corrected chi connectivity index (χ1v) is 11.9. The lowest BCUT2D eigenvalue weighted by atomic mass is 10.0. The molecular weight excluding hydrogens is 414 g/mol. The van der Waals surface area contributed by atoms with Crippen molar-refractivity contribution >= 4 is 15.9 Å². The topological polar surface area (TPSA) is 84.5 Å². The average molecular weight is 448 g/mol. The van der Waals surface area contributed by atoms with Crippen molar-refractivity contribution in [2.75, 3.05) is 26.0 Å². The van der Waals surface area contributed by atoms with Gasteiger partial charge in [-0.05, 0) is 49.4 Å². The molecule has 2 atom stereocenters. The van der Waals surface area contributed by atoms with Crippen molar-refractivity contribution in [3.63, 3.8) is 0 Å². The minimum atomic E-state index is -3.84. The second-order valence-electron chi connectivity index (χ2n) is 7.63. The molecule has 2 N–H and O–H groups in total. The third kappa shape index (κ3) is 8.95. The van der Waals surface area contributed by atoms with E-state index in [0.29, 0.717) is 37.9 Å². The van der Waals surface area contributed by atoms with Crippen molar-refractivity contribution in [3.8, 4) is 0 Å². The molecule has 1 unspecified atom stereocenters. The second kappa shape index (κ2) is 12.8. The molecule has 0 aliphatic heterocycles. The van der Waals surface area contributed by atoms with Gasteiger partial charge in [0.05, 0.1) is 18.9 Å². The molecule has 0 aliphatic rings. The molecule has 0 heterocycles. The van der Waals surface area contributed by atoms with Crippen LogP contribution in [0.25, 0.3) is 0 Å². The highest BCUT2D eigenvalue weighted by molar-refractivity contribution is 7.91. The van der Waals surface area contributed by atoms with Crippen LogP contribution in [0.3, 0.4) is 0 Å². The Morgan fingerprint density at radius 3 is 2.37 bits per heavy atom. The highest BCUT2D eigenvalue weighted by atomic mass is 32.2. The highest BCUT2D eigenvalue weighted by Crippen LogP contribution is 2.30. The van der Waals surface area contributed by atoms with Crippen LogP contribution in [-0.4, -0.2) is 46.5 Å². The molecule has 0 fully saturated rings. The van der Waals surface area contributed by atoms with Crippen molar-refractivity contribution in [1.82, 2.24) is 10.6 Å². The first-order valence-electron chi connectivity index (χ1n) is 10.2.